The Balaban J connectivity index is 2.09. The SMILES string of the molecule is CC[C@H](C)[C@H](NC(=O)OCc1ccccc1)C(=O)N[C@@H](CC1CCCCC1)C(=O)N[C@H](C=O)CC(F)F. The second-order valence-electron chi connectivity index (χ2n) is 9.75. The number of hydrogen-bond acceptors (Lipinski definition) is 5. The van der Waals surface area contributed by atoms with Gasteiger partial charge in [-0.3, -0.25) is 9.59 Å². The summed E-state index contributed by atoms with van der Waals surface area (Å²) in [6.45, 7) is 3.70. The van der Waals surface area contributed by atoms with Crippen molar-refractivity contribution in [1.82, 2.24) is 16.0 Å². The van der Waals surface area contributed by atoms with Crippen molar-refractivity contribution in [3.63, 3.8) is 0 Å². The molecule has 1 saturated carbocycles. The summed E-state index contributed by atoms with van der Waals surface area (Å²) in [6, 6.07) is 5.75. The van der Waals surface area contributed by atoms with E-state index in [0.29, 0.717) is 12.8 Å². The average Bonchev–Trinajstić information content (AvgIpc) is 2.90. The molecule has 3 N–H and O–H groups in total. The van der Waals surface area contributed by atoms with Crippen LogP contribution in [0.2, 0.25) is 0 Å². The number of nitrogens with one attached hydrogen (secondary N) is 3. The van der Waals surface area contributed by atoms with E-state index in [9.17, 15) is 28.0 Å². The van der Waals surface area contributed by atoms with Gasteiger partial charge >= 0.3 is 6.09 Å². The van der Waals surface area contributed by atoms with Crippen LogP contribution in [0, 0.1) is 11.8 Å². The molecule has 10 heteroatoms. The van der Waals surface area contributed by atoms with E-state index in [1.165, 1.54) is 0 Å². The summed E-state index contributed by atoms with van der Waals surface area (Å²) in [4.78, 5) is 50.0. The van der Waals surface area contributed by atoms with Crippen molar-refractivity contribution in [2.45, 2.75) is 96.4 Å². The number of aldehydes is 1. The first-order chi connectivity index (χ1) is 17.7. The molecular weight excluding hydrogens is 484 g/mol. The molecule has 0 bridgehead atoms. The van der Waals surface area contributed by atoms with Gasteiger partial charge < -0.3 is 25.5 Å². The molecule has 4 atom stereocenters. The summed E-state index contributed by atoms with van der Waals surface area (Å²) in [7, 11) is 0. The third-order valence-electron chi connectivity index (χ3n) is 6.83. The lowest BCUT2D eigenvalue weighted by Gasteiger charge is -2.30. The van der Waals surface area contributed by atoms with Gasteiger partial charge in [-0.1, -0.05) is 82.7 Å². The number of carbonyl (C=O) groups is 4. The molecule has 0 aromatic heterocycles. The molecule has 0 radical (unpaired) electrons. The summed E-state index contributed by atoms with van der Waals surface area (Å²) < 4.78 is 30.9. The molecule has 1 aliphatic carbocycles. The van der Waals surface area contributed by atoms with E-state index in [0.717, 1.165) is 37.7 Å². The van der Waals surface area contributed by atoms with Crippen molar-refractivity contribution in [2.24, 2.45) is 11.8 Å². The predicted molar refractivity (Wildman–Crippen MR) is 135 cm³/mol. The Kier molecular flexibility index (Phi) is 13.0. The minimum absolute atomic E-state index is 0.0332. The molecule has 0 aliphatic heterocycles. The number of halogens is 2. The largest absolute Gasteiger partial charge is 0.445 e. The zero-order chi connectivity index (χ0) is 27.2. The van der Waals surface area contributed by atoms with Gasteiger partial charge in [0.1, 0.15) is 25.0 Å². The topological polar surface area (TPSA) is 114 Å². The van der Waals surface area contributed by atoms with Crippen LogP contribution in [0.5, 0.6) is 0 Å². The molecule has 0 spiro atoms. The van der Waals surface area contributed by atoms with Crippen molar-refractivity contribution >= 4 is 24.2 Å². The van der Waals surface area contributed by atoms with Gasteiger partial charge in [0.05, 0.1) is 6.04 Å². The van der Waals surface area contributed by atoms with E-state index >= 15 is 0 Å². The van der Waals surface area contributed by atoms with Crippen molar-refractivity contribution in [1.29, 1.82) is 0 Å². The third kappa shape index (κ3) is 10.9. The van der Waals surface area contributed by atoms with Crippen LogP contribution in [0.4, 0.5) is 13.6 Å². The first-order valence-corrected chi connectivity index (χ1v) is 13.0. The molecule has 1 aromatic rings. The number of hydrogen-bond donors (Lipinski definition) is 3. The molecule has 1 aromatic carbocycles. The Hall–Kier alpha value is -3.04. The maximum absolute atomic E-state index is 13.3. The highest BCUT2D eigenvalue weighted by Crippen LogP contribution is 2.27. The minimum atomic E-state index is -2.76. The summed E-state index contributed by atoms with van der Waals surface area (Å²) in [5.74, 6) is -1.35. The highest BCUT2D eigenvalue weighted by Gasteiger charge is 2.33. The zero-order valence-corrected chi connectivity index (χ0v) is 21.6. The average molecular weight is 524 g/mol. The molecule has 1 fully saturated rings. The Morgan fingerprint density at radius 3 is 2.30 bits per heavy atom. The molecule has 0 unspecified atom stereocenters. The van der Waals surface area contributed by atoms with Gasteiger partial charge in [0.25, 0.3) is 0 Å². The molecule has 2 rings (SSSR count). The summed E-state index contributed by atoms with van der Waals surface area (Å²) in [5, 5.41) is 7.66. The van der Waals surface area contributed by atoms with Crippen LogP contribution in [-0.2, 0) is 25.7 Å². The van der Waals surface area contributed by atoms with Crippen molar-refractivity contribution < 1.29 is 32.7 Å². The van der Waals surface area contributed by atoms with Crippen LogP contribution >= 0.6 is 0 Å². The molecule has 3 amide bonds. The van der Waals surface area contributed by atoms with Gasteiger partial charge in [0.2, 0.25) is 18.2 Å². The lowest BCUT2D eigenvalue weighted by molar-refractivity contribution is -0.132. The van der Waals surface area contributed by atoms with E-state index in [1.54, 1.807) is 19.1 Å². The maximum atomic E-state index is 13.3. The highest BCUT2D eigenvalue weighted by atomic mass is 19.3. The number of alkyl carbamates (subject to hydrolysis) is 1. The maximum Gasteiger partial charge on any atom is 0.408 e. The number of benzene rings is 1. The van der Waals surface area contributed by atoms with E-state index < -0.39 is 48.9 Å². The Morgan fingerprint density at radius 2 is 1.70 bits per heavy atom. The van der Waals surface area contributed by atoms with Crippen LogP contribution in [0.25, 0.3) is 0 Å². The summed E-state index contributed by atoms with van der Waals surface area (Å²) in [6.07, 6.45) is 1.75. The first-order valence-electron chi connectivity index (χ1n) is 13.0. The molecule has 0 saturated heterocycles. The third-order valence-corrected chi connectivity index (χ3v) is 6.83. The van der Waals surface area contributed by atoms with Gasteiger partial charge in [0.15, 0.2) is 0 Å². The van der Waals surface area contributed by atoms with Crippen LogP contribution in [0.1, 0.15) is 70.8 Å². The monoisotopic (exact) mass is 523 g/mol. The molecule has 0 heterocycles. The Morgan fingerprint density at radius 1 is 1.03 bits per heavy atom. The number of amides is 3. The molecular formula is C27H39F2N3O5. The molecule has 37 heavy (non-hydrogen) atoms. The fourth-order valence-electron chi connectivity index (χ4n) is 4.47. The second kappa shape index (κ2) is 15.9. The van der Waals surface area contributed by atoms with Gasteiger partial charge in [0, 0.05) is 6.42 Å². The highest BCUT2D eigenvalue weighted by molar-refractivity contribution is 5.92. The second-order valence-corrected chi connectivity index (χ2v) is 9.75. The van der Waals surface area contributed by atoms with Gasteiger partial charge in [-0.2, -0.15) is 0 Å². The van der Waals surface area contributed by atoms with Gasteiger partial charge in [-0.05, 0) is 23.8 Å². The van der Waals surface area contributed by atoms with Crippen LogP contribution in [-0.4, -0.2) is 48.7 Å². The smallest absolute Gasteiger partial charge is 0.408 e. The number of ether oxygens (including phenoxy) is 1. The van der Waals surface area contributed by atoms with Gasteiger partial charge in [-0.15, -0.1) is 0 Å². The normalized spacial score (nSPS) is 17.2. The predicted octanol–water partition coefficient (Wildman–Crippen LogP) is 4.12. The number of rotatable bonds is 14. The fourth-order valence-corrected chi connectivity index (χ4v) is 4.47. The van der Waals surface area contributed by atoms with Crippen molar-refractivity contribution in [2.75, 3.05) is 0 Å². The first kappa shape index (κ1) is 30.2. The molecule has 206 valence electrons. The van der Waals surface area contributed by atoms with E-state index in [-0.39, 0.29) is 24.7 Å². The van der Waals surface area contributed by atoms with E-state index in [1.807, 2.05) is 25.1 Å². The molecule has 1 aliphatic rings. The van der Waals surface area contributed by atoms with Crippen molar-refractivity contribution in [3.05, 3.63) is 35.9 Å². The van der Waals surface area contributed by atoms with E-state index in [2.05, 4.69) is 16.0 Å². The minimum Gasteiger partial charge on any atom is -0.445 e. The quantitative estimate of drug-likeness (QED) is 0.318. The number of alkyl halides is 2. The molecule has 8 nitrogen and oxygen atoms in total. The zero-order valence-electron chi connectivity index (χ0n) is 21.6. The lowest BCUT2D eigenvalue weighted by atomic mass is 9.84. The summed E-state index contributed by atoms with van der Waals surface area (Å²) >= 11 is 0. The van der Waals surface area contributed by atoms with Gasteiger partial charge in [-0.25, -0.2) is 13.6 Å². The van der Waals surface area contributed by atoms with Crippen LogP contribution in [0.3, 0.4) is 0 Å². The standard InChI is InChI=1S/C27H39F2N3O5/c1-3-18(2)24(32-27(36)37-17-20-12-8-5-9-13-20)26(35)31-22(14-19-10-6-4-7-11-19)25(34)30-21(16-33)15-23(28)29/h5,8-9,12-13,16,18-19,21-24H,3-4,6-7,10-11,14-15,17H2,1-2H3,(H,30,34)(H,31,35)(H,32,36)/t18-,21-,22-,24-/m0/s1. The van der Waals surface area contributed by atoms with Crippen LogP contribution < -0.4 is 16.0 Å². The van der Waals surface area contributed by atoms with E-state index in [4.69, 9.17) is 4.74 Å². The van der Waals surface area contributed by atoms with Crippen LogP contribution in [0.15, 0.2) is 30.3 Å². The fraction of sp³-hybridized carbons (Fsp3) is 0.630. The number of carbonyl (C=O) groups excluding carboxylic acids is 4. The Bertz CT molecular complexity index is 865. The Labute approximate surface area is 217 Å². The van der Waals surface area contributed by atoms with Crippen molar-refractivity contribution in [3.8, 4) is 0 Å². The summed E-state index contributed by atoms with van der Waals surface area (Å²) in [5.41, 5.74) is 0.792. The lowest BCUT2D eigenvalue weighted by Crippen LogP contribution is -2.57.